The number of benzene rings is 3. The second kappa shape index (κ2) is 7.74. The van der Waals surface area contributed by atoms with Crippen molar-refractivity contribution in [1.29, 1.82) is 0 Å². The molecule has 1 saturated heterocycles. The van der Waals surface area contributed by atoms with Gasteiger partial charge >= 0.3 is 0 Å². The molecule has 10 heteroatoms. The molecule has 2 aliphatic rings. The maximum absolute atomic E-state index is 13.6. The monoisotopic (exact) mass is 479 g/mol. The Labute approximate surface area is 197 Å². The summed E-state index contributed by atoms with van der Waals surface area (Å²) in [6, 6.07) is 12.0. The number of β-lactam (4-membered cyclic amide) rings is 1. The van der Waals surface area contributed by atoms with Gasteiger partial charge in [0, 0.05) is 16.8 Å². The first-order valence-corrected chi connectivity index (χ1v) is 10.6. The predicted molar refractivity (Wildman–Crippen MR) is 120 cm³/mol. The zero-order valence-corrected chi connectivity index (χ0v) is 18.3. The number of hydrogen-bond acceptors (Lipinski definition) is 5. The molecule has 0 radical (unpaired) electrons. The van der Waals surface area contributed by atoms with Crippen molar-refractivity contribution in [2.75, 3.05) is 4.90 Å². The Morgan fingerprint density at radius 2 is 1.65 bits per heavy atom. The van der Waals surface area contributed by atoms with E-state index in [4.69, 9.17) is 11.6 Å². The number of carbonyl (C=O) groups is 3. The summed E-state index contributed by atoms with van der Waals surface area (Å²) in [7, 11) is 0. The standard InChI is InChI=1S/C24H15ClFN3O5/c1-12-5-8-14(25)11-18(12)27-20(13-6-9-15(26)10-7-13)21(24(27)32)28-22(30)16-3-2-4-17(29(33)34)19(16)23(28)31/h2-11,20-21H,1H3/t20-,21+/m0/s1. The van der Waals surface area contributed by atoms with Crippen LogP contribution in [0.25, 0.3) is 0 Å². The summed E-state index contributed by atoms with van der Waals surface area (Å²) in [5.74, 6) is -2.76. The van der Waals surface area contributed by atoms with Gasteiger partial charge in [0.25, 0.3) is 23.4 Å². The highest BCUT2D eigenvalue weighted by molar-refractivity contribution is 6.31. The zero-order chi connectivity index (χ0) is 24.3. The Bertz CT molecular complexity index is 1410. The number of halogens is 2. The number of anilines is 1. The summed E-state index contributed by atoms with van der Waals surface area (Å²) in [4.78, 5) is 52.8. The number of imide groups is 1. The molecule has 5 rings (SSSR count). The number of aryl methyl sites for hydroxylation is 1. The van der Waals surface area contributed by atoms with Crippen LogP contribution in [0.1, 0.15) is 37.9 Å². The average molecular weight is 480 g/mol. The summed E-state index contributed by atoms with van der Waals surface area (Å²) >= 11 is 6.15. The lowest BCUT2D eigenvalue weighted by atomic mass is 9.85. The van der Waals surface area contributed by atoms with Crippen LogP contribution in [0, 0.1) is 22.9 Å². The number of nitrogens with zero attached hydrogens (tertiary/aromatic N) is 3. The van der Waals surface area contributed by atoms with E-state index in [9.17, 15) is 28.9 Å². The van der Waals surface area contributed by atoms with E-state index >= 15 is 0 Å². The molecule has 3 aromatic rings. The maximum Gasteiger partial charge on any atom is 0.282 e. The third-order valence-corrected chi connectivity index (χ3v) is 6.34. The molecule has 2 atom stereocenters. The number of amides is 3. The van der Waals surface area contributed by atoms with E-state index in [1.807, 2.05) is 0 Å². The van der Waals surface area contributed by atoms with Crippen molar-refractivity contribution in [2.45, 2.75) is 19.0 Å². The van der Waals surface area contributed by atoms with Crippen LogP contribution < -0.4 is 4.90 Å². The Morgan fingerprint density at radius 3 is 2.32 bits per heavy atom. The normalized spacial score (nSPS) is 19.3. The van der Waals surface area contributed by atoms with Crippen LogP contribution in [-0.4, -0.2) is 33.6 Å². The molecular weight excluding hydrogens is 465 g/mol. The molecule has 0 bridgehead atoms. The largest absolute Gasteiger partial charge is 0.300 e. The summed E-state index contributed by atoms with van der Waals surface area (Å²) in [5.41, 5.74) is 0.692. The van der Waals surface area contributed by atoms with Gasteiger partial charge in [-0.05, 0) is 48.4 Å². The van der Waals surface area contributed by atoms with Crippen LogP contribution >= 0.6 is 11.6 Å². The summed E-state index contributed by atoms with van der Waals surface area (Å²) in [5, 5.41) is 11.8. The van der Waals surface area contributed by atoms with Crippen LogP contribution in [0.4, 0.5) is 15.8 Å². The fraction of sp³-hybridized carbons (Fsp3) is 0.125. The van der Waals surface area contributed by atoms with Crippen molar-refractivity contribution in [3.05, 3.63) is 104 Å². The number of hydrogen-bond donors (Lipinski definition) is 0. The molecule has 0 saturated carbocycles. The lowest BCUT2D eigenvalue weighted by molar-refractivity contribution is -0.385. The van der Waals surface area contributed by atoms with E-state index in [0.29, 0.717) is 16.3 Å². The minimum absolute atomic E-state index is 0.137. The third-order valence-electron chi connectivity index (χ3n) is 6.11. The molecule has 0 aliphatic carbocycles. The topological polar surface area (TPSA) is 101 Å². The second-order valence-corrected chi connectivity index (χ2v) is 8.45. The van der Waals surface area contributed by atoms with Crippen LogP contribution in [0.3, 0.4) is 0 Å². The Morgan fingerprint density at radius 1 is 0.941 bits per heavy atom. The van der Waals surface area contributed by atoms with Crippen molar-refractivity contribution >= 4 is 40.7 Å². The third kappa shape index (κ3) is 3.08. The van der Waals surface area contributed by atoms with E-state index in [0.717, 1.165) is 16.5 Å². The van der Waals surface area contributed by atoms with Crippen molar-refractivity contribution in [2.24, 2.45) is 0 Å². The smallest absolute Gasteiger partial charge is 0.282 e. The van der Waals surface area contributed by atoms with Gasteiger partial charge in [-0.15, -0.1) is 0 Å². The van der Waals surface area contributed by atoms with Crippen LogP contribution in [-0.2, 0) is 4.79 Å². The molecule has 0 N–H and O–H groups in total. The molecule has 0 aromatic heterocycles. The predicted octanol–water partition coefficient (Wildman–Crippen LogP) is 4.45. The van der Waals surface area contributed by atoms with Crippen molar-refractivity contribution in [1.82, 2.24) is 4.90 Å². The lowest BCUT2D eigenvalue weighted by Crippen LogP contribution is -2.67. The molecule has 3 aromatic carbocycles. The van der Waals surface area contributed by atoms with Gasteiger partial charge in [0.1, 0.15) is 17.4 Å². The molecule has 170 valence electrons. The van der Waals surface area contributed by atoms with E-state index in [2.05, 4.69) is 0 Å². The van der Waals surface area contributed by atoms with E-state index < -0.39 is 46.2 Å². The Balaban J connectivity index is 1.63. The molecule has 2 aliphatic heterocycles. The Kier molecular flexibility index (Phi) is 4.94. The minimum Gasteiger partial charge on any atom is -0.300 e. The highest BCUT2D eigenvalue weighted by atomic mass is 35.5. The molecule has 8 nitrogen and oxygen atoms in total. The van der Waals surface area contributed by atoms with Crippen molar-refractivity contribution in [3.8, 4) is 0 Å². The molecule has 3 amide bonds. The number of fused-ring (bicyclic) bond motifs is 1. The van der Waals surface area contributed by atoms with E-state index in [-0.39, 0.29) is 11.1 Å². The summed E-state index contributed by atoms with van der Waals surface area (Å²) < 4.78 is 13.6. The number of nitro benzene ring substituents is 1. The van der Waals surface area contributed by atoms with Gasteiger partial charge in [-0.25, -0.2) is 4.39 Å². The number of carbonyl (C=O) groups excluding carboxylic acids is 3. The first-order valence-electron chi connectivity index (χ1n) is 10.2. The molecule has 0 spiro atoms. The molecular formula is C24H15ClFN3O5. The van der Waals surface area contributed by atoms with Gasteiger partial charge in [-0.3, -0.25) is 29.4 Å². The van der Waals surface area contributed by atoms with E-state index in [1.165, 1.54) is 41.3 Å². The minimum atomic E-state index is -1.27. The van der Waals surface area contributed by atoms with E-state index in [1.54, 1.807) is 25.1 Å². The zero-order valence-electron chi connectivity index (χ0n) is 17.6. The molecule has 0 unspecified atom stereocenters. The fourth-order valence-corrected chi connectivity index (χ4v) is 4.68. The number of rotatable bonds is 4. The van der Waals surface area contributed by atoms with Gasteiger partial charge in [0.05, 0.1) is 16.5 Å². The molecule has 2 heterocycles. The van der Waals surface area contributed by atoms with Crippen LogP contribution in [0.2, 0.25) is 5.02 Å². The van der Waals surface area contributed by atoms with Gasteiger partial charge in [0.15, 0.2) is 0 Å². The SMILES string of the molecule is Cc1ccc(Cl)cc1N1C(=O)[C@H](N2C(=O)c3cccc([N+](=O)[O-])c3C2=O)[C@@H]1c1ccc(F)cc1. The molecule has 34 heavy (non-hydrogen) atoms. The maximum atomic E-state index is 13.6. The van der Waals surface area contributed by atoms with Gasteiger partial charge < -0.3 is 4.90 Å². The van der Waals surface area contributed by atoms with Crippen molar-refractivity contribution < 1.29 is 23.7 Å². The fourth-order valence-electron chi connectivity index (χ4n) is 4.52. The van der Waals surface area contributed by atoms with Crippen LogP contribution in [0.15, 0.2) is 60.7 Å². The Hall–Kier alpha value is -4.11. The first kappa shape index (κ1) is 21.7. The molecule has 1 fully saturated rings. The highest BCUT2D eigenvalue weighted by Gasteiger charge is 2.58. The van der Waals surface area contributed by atoms with Gasteiger partial charge in [0.2, 0.25) is 0 Å². The second-order valence-electron chi connectivity index (χ2n) is 8.02. The van der Waals surface area contributed by atoms with Gasteiger partial charge in [-0.1, -0.05) is 35.9 Å². The van der Waals surface area contributed by atoms with Crippen LogP contribution in [0.5, 0.6) is 0 Å². The number of nitro groups is 1. The van der Waals surface area contributed by atoms with Gasteiger partial charge in [-0.2, -0.15) is 0 Å². The lowest BCUT2D eigenvalue weighted by Gasteiger charge is -2.50. The first-order chi connectivity index (χ1) is 16.2. The summed E-state index contributed by atoms with van der Waals surface area (Å²) in [6.45, 7) is 1.78. The highest BCUT2D eigenvalue weighted by Crippen LogP contribution is 2.46. The quantitative estimate of drug-likeness (QED) is 0.238. The van der Waals surface area contributed by atoms with Crippen molar-refractivity contribution in [3.63, 3.8) is 0 Å². The summed E-state index contributed by atoms with van der Waals surface area (Å²) in [6.07, 6.45) is 0. The average Bonchev–Trinajstić information content (AvgIpc) is 3.05.